The maximum absolute atomic E-state index is 14.7. The molecule has 2 amide bonds. The lowest BCUT2D eigenvalue weighted by Gasteiger charge is -2.36. The molecule has 1 aromatic heterocycles. The van der Waals surface area contributed by atoms with Gasteiger partial charge in [-0.2, -0.15) is 5.10 Å². The lowest BCUT2D eigenvalue weighted by Crippen LogP contribution is -2.54. The largest absolute Gasteiger partial charge is 0.383 e. The van der Waals surface area contributed by atoms with Crippen LogP contribution >= 0.6 is 11.8 Å². The Labute approximate surface area is 200 Å². The summed E-state index contributed by atoms with van der Waals surface area (Å²) in [5.41, 5.74) is 2.65. The van der Waals surface area contributed by atoms with Crippen LogP contribution in [-0.2, 0) is 17.6 Å². The molecule has 0 aliphatic carbocycles. The third-order valence-electron chi connectivity index (χ3n) is 6.59. The van der Waals surface area contributed by atoms with Gasteiger partial charge in [0.15, 0.2) is 0 Å². The smallest absolute Gasteiger partial charge is 0.269 e. The molecule has 0 saturated carbocycles. The number of aromatic nitrogens is 2. The molecule has 180 valence electrons. The number of H-pyrrole nitrogens is 1. The summed E-state index contributed by atoms with van der Waals surface area (Å²) < 4.78 is 14.7. The molecule has 2 saturated heterocycles. The van der Waals surface area contributed by atoms with E-state index in [1.54, 1.807) is 33.7 Å². The Kier molecular flexibility index (Phi) is 6.55. The van der Waals surface area contributed by atoms with Crippen molar-refractivity contribution in [2.75, 3.05) is 49.7 Å². The summed E-state index contributed by atoms with van der Waals surface area (Å²) in [5.74, 6) is 0.650. The van der Waals surface area contributed by atoms with Crippen LogP contribution in [0.1, 0.15) is 33.6 Å². The van der Waals surface area contributed by atoms with Gasteiger partial charge in [-0.3, -0.25) is 19.7 Å². The Bertz CT molecular complexity index is 1160. The van der Waals surface area contributed by atoms with Gasteiger partial charge in [-0.05, 0) is 30.5 Å². The van der Waals surface area contributed by atoms with Crippen molar-refractivity contribution >= 4 is 29.3 Å². The van der Waals surface area contributed by atoms with Gasteiger partial charge in [0.2, 0.25) is 5.91 Å². The van der Waals surface area contributed by atoms with Gasteiger partial charge in [0, 0.05) is 56.3 Å². The van der Waals surface area contributed by atoms with Crippen LogP contribution in [0.4, 0.5) is 10.1 Å². The molecule has 9 nitrogen and oxygen atoms in total. The first-order valence-corrected chi connectivity index (χ1v) is 12.7. The monoisotopic (exact) mass is 486 g/mol. The number of amides is 2. The first kappa shape index (κ1) is 22.9. The molecule has 3 N–H and O–H groups in total. The number of fused-ring (bicyclic) bond motifs is 1. The highest BCUT2D eigenvalue weighted by atomic mass is 32.2. The van der Waals surface area contributed by atoms with Crippen molar-refractivity contribution in [1.29, 1.82) is 0 Å². The van der Waals surface area contributed by atoms with E-state index in [4.69, 9.17) is 0 Å². The highest BCUT2D eigenvalue weighted by molar-refractivity contribution is 7.99. The topological polar surface area (TPSA) is 110 Å². The first-order chi connectivity index (χ1) is 16.5. The van der Waals surface area contributed by atoms with E-state index in [9.17, 15) is 18.8 Å². The minimum absolute atomic E-state index is 0.0115. The number of halogens is 1. The molecule has 34 heavy (non-hydrogen) atoms. The minimum Gasteiger partial charge on any atom is -0.383 e. The molecule has 0 bridgehead atoms. The van der Waals surface area contributed by atoms with Crippen molar-refractivity contribution < 1.29 is 14.0 Å². The second-order valence-corrected chi connectivity index (χ2v) is 9.79. The van der Waals surface area contributed by atoms with Crippen LogP contribution in [0.15, 0.2) is 23.0 Å². The molecule has 1 aromatic carbocycles. The van der Waals surface area contributed by atoms with Gasteiger partial charge >= 0.3 is 0 Å². The number of benzene rings is 1. The molecular formula is C23H27FN6O3S. The number of aromatic amines is 1. The van der Waals surface area contributed by atoms with Crippen LogP contribution < -0.4 is 16.2 Å². The van der Waals surface area contributed by atoms with Crippen LogP contribution in [0.5, 0.6) is 0 Å². The Morgan fingerprint density at radius 2 is 1.97 bits per heavy atom. The van der Waals surface area contributed by atoms with Crippen molar-refractivity contribution in [1.82, 2.24) is 25.3 Å². The molecule has 0 radical (unpaired) electrons. The van der Waals surface area contributed by atoms with Gasteiger partial charge in [0.05, 0.1) is 23.0 Å². The summed E-state index contributed by atoms with van der Waals surface area (Å²) >= 11 is 1.70. The van der Waals surface area contributed by atoms with Crippen molar-refractivity contribution in [3.8, 4) is 0 Å². The highest BCUT2D eigenvalue weighted by Gasteiger charge is 2.31. The summed E-state index contributed by atoms with van der Waals surface area (Å²) in [6.07, 6.45) is 1.93. The summed E-state index contributed by atoms with van der Waals surface area (Å²) in [6, 6.07) is 4.34. The van der Waals surface area contributed by atoms with Crippen molar-refractivity contribution in [2.45, 2.75) is 25.3 Å². The molecule has 0 unspecified atom stereocenters. The van der Waals surface area contributed by atoms with E-state index < -0.39 is 5.82 Å². The molecule has 11 heteroatoms. The Balaban J connectivity index is 1.28. The molecule has 5 rings (SSSR count). The van der Waals surface area contributed by atoms with E-state index in [1.165, 1.54) is 6.07 Å². The Hall–Kier alpha value is -2.92. The van der Waals surface area contributed by atoms with Crippen LogP contribution in [0.3, 0.4) is 0 Å². The SMILES string of the molecule is O=C(c1cc(Cc2n[nH]c(=O)c3c2NCCC3)ccc1F)N1CCN(C(=O)[C@@H]2CSCN2)CC1. The van der Waals surface area contributed by atoms with Crippen molar-refractivity contribution in [3.63, 3.8) is 0 Å². The second-order valence-electron chi connectivity index (χ2n) is 8.76. The average Bonchev–Trinajstić information content (AvgIpc) is 3.41. The van der Waals surface area contributed by atoms with Crippen LogP contribution in [0.2, 0.25) is 0 Å². The molecule has 2 fully saturated rings. The maximum atomic E-state index is 14.7. The Morgan fingerprint density at radius 3 is 2.74 bits per heavy atom. The zero-order valence-electron chi connectivity index (χ0n) is 18.7. The molecule has 3 aliphatic heterocycles. The first-order valence-electron chi connectivity index (χ1n) is 11.5. The van der Waals surface area contributed by atoms with Gasteiger partial charge in [-0.15, -0.1) is 11.8 Å². The summed E-state index contributed by atoms with van der Waals surface area (Å²) in [6.45, 7) is 2.38. The number of rotatable bonds is 4. The van der Waals surface area contributed by atoms with Gasteiger partial charge < -0.3 is 15.1 Å². The fourth-order valence-corrected chi connectivity index (χ4v) is 5.63. The fourth-order valence-electron chi connectivity index (χ4n) is 4.70. The van der Waals surface area contributed by atoms with Crippen molar-refractivity contribution in [2.24, 2.45) is 0 Å². The zero-order chi connectivity index (χ0) is 23.7. The number of piperazine rings is 1. The quantitative estimate of drug-likeness (QED) is 0.587. The summed E-state index contributed by atoms with van der Waals surface area (Å²) in [7, 11) is 0. The van der Waals surface area contributed by atoms with E-state index in [1.807, 2.05) is 0 Å². The number of carbonyl (C=O) groups excluding carboxylic acids is 2. The Morgan fingerprint density at radius 1 is 1.18 bits per heavy atom. The van der Waals surface area contributed by atoms with Gasteiger partial charge in [0.25, 0.3) is 11.5 Å². The average molecular weight is 487 g/mol. The molecule has 3 aliphatic rings. The van der Waals surface area contributed by atoms with Crippen molar-refractivity contribution in [3.05, 3.63) is 56.8 Å². The van der Waals surface area contributed by atoms with Gasteiger partial charge in [0.1, 0.15) is 5.82 Å². The lowest BCUT2D eigenvalue weighted by molar-refractivity contribution is -0.134. The molecule has 1 atom stereocenters. The van der Waals surface area contributed by atoms with Gasteiger partial charge in [-0.25, -0.2) is 9.49 Å². The van der Waals surface area contributed by atoms with Crippen LogP contribution in [0.25, 0.3) is 0 Å². The fraction of sp³-hybridized carbons (Fsp3) is 0.478. The normalized spacial score (nSPS) is 20.1. The third-order valence-corrected chi connectivity index (χ3v) is 7.53. The number of carbonyl (C=O) groups is 2. The van der Waals surface area contributed by atoms with Crippen LogP contribution in [0, 0.1) is 5.82 Å². The summed E-state index contributed by atoms with van der Waals surface area (Å²) in [4.78, 5) is 41.2. The molecule has 2 aromatic rings. The van der Waals surface area contributed by atoms with E-state index in [-0.39, 0.29) is 29.0 Å². The lowest BCUT2D eigenvalue weighted by atomic mass is 9.99. The van der Waals surface area contributed by atoms with Gasteiger partial charge in [-0.1, -0.05) is 6.07 Å². The van der Waals surface area contributed by atoms with E-state index in [0.29, 0.717) is 50.3 Å². The number of nitrogens with zero attached hydrogens (tertiary/aromatic N) is 3. The molecule has 0 spiro atoms. The van der Waals surface area contributed by atoms with E-state index >= 15 is 0 Å². The summed E-state index contributed by atoms with van der Waals surface area (Å²) in [5, 5.41) is 13.2. The standard InChI is InChI=1S/C23H27FN6O3S/c24-17-4-3-14(11-18-20-15(2-1-5-25-20)21(31)28-27-18)10-16(17)22(32)29-6-8-30(9-7-29)23(33)19-12-34-13-26-19/h3-4,10,19,25-26H,1-2,5-9,11-13H2,(H,28,31)/t19-/m0/s1. The number of anilines is 1. The third kappa shape index (κ3) is 4.54. The zero-order valence-corrected chi connectivity index (χ0v) is 19.5. The van der Waals surface area contributed by atoms with E-state index in [0.717, 1.165) is 35.8 Å². The number of thioether (sulfide) groups is 1. The maximum Gasteiger partial charge on any atom is 0.269 e. The van der Waals surface area contributed by atoms with Crippen LogP contribution in [-0.4, -0.2) is 82.2 Å². The number of hydrogen-bond acceptors (Lipinski definition) is 7. The molecule has 4 heterocycles. The van der Waals surface area contributed by atoms with E-state index in [2.05, 4.69) is 20.8 Å². The molecular weight excluding hydrogens is 459 g/mol. The predicted molar refractivity (Wildman–Crippen MR) is 128 cm³/mol. The minimum atomic E-state index is -0.575. The number of nitrogens with one attached hydrogen (secondary N) is 3. The second kappa shape index (κ2) is 9.75. The highest BCUT2D eigenvalue weighted by Crippen LogP contribution is 2.24. The number of hydrogen-bond donors (Lipinski definition) is 3. The predicted octanol–water partition coefficient (Wildman–Crippen LogP) is 0.805.